The van der Waals surface area contributed by atoms with Crippen LogP contribution in [0, 0.1) is 19.3 Å². The van der Waals surface area contributed by atoms with Crippen molar-refractivity contribution in [2.45, 2.75) is 32.7 Å². The van der Waals surface area contributed by atoms with Crippen molar-refractivity contribution in [2.24, 2.45) is 5.41 Å². The first-order valence-electron chi connectivity index (χ1n) is 5.07. The Morgan fingerprint density at radius 1 is 1.33 bits per heavy atom. The largest absolute Gasteiger partial charge is 0.247 e. The summed E-state index contributed by atoms with van der Waals surface area (Å²) in [6.45, 7) is 8.69. The topological polar surface area (TPSA) is 12.9 Å². The van der Waals surface area contributed by atoms with E-state index in [9.17, 15) is 0 Å². The van der Waals surface area contributed by atoms with Crippen molar-refractivity contribution < 1.29 is 0 Å². The molecule has 0 bridgehead atoms. The fourth-order valence-electron chi connectivity index (χ4n) is 1.19. The zero-order valence-corrected chi connectivity index (χ0v) is 12.2. The summed E-state index contributed by atoms with van der Waals surface area (Å²) in [5.74, 6) is 1.09. The Bertz CT molecular complexity index is 316. The van der Waals surface area contributed by atoms with E-state index in [2.05, 4.69) is 53.8 Å². The van der Waals surface area contributed by atoms with Crippen molar-refractivity contribution in [3.63, 3.8) is 0 Å². The van der Waals surface area contributed by atoms with Crippen molar-refractivity contribution in [1.82, 2.24) is 4.98 Å². The lowest BCUT2D eigenvalue weighted by molar-refractivity contribution is 0.496. The standard InChI is InChI=1S/C12H18BrNS/c1-9-5-10(2)14-11(6-9)15-8-12(3,4)7-13/h5-6H,7-8H2,1-4H3. The number of aromatic nitrogens is 1. The van der Waals surface area contributed by atoms with E-state index in [0.29, 0.717) is 5.41 Å². The van der Waals surface area contributed by atoms with E-state index in [4.69, 9.17) is 0 Å². The fourth-order valence-corrected chi connectivity index (χ4v) is 2.77. The minimum absolute atomic E-state index is 0.323. The smallest absolute Gasteiger partial charge is 0.0965 e. The molecule has 15 heavy (non-hydrogen) atoms. The average molecular weight is 288 g/mol. The summed E-state index contributed by atoms with van der Waals surface area (Å²) in [5.41, 5.74) is 2.72. The van der Waals surface area contributed by atoms with Gasteiger partial charge in [-0.2, -0.15) is 0 Å². The van der Waals surface area contributed by atoms with Crippen molar-refractivity contribution in [2.75, 3.05) is 11.1 Å². The third kappa shape index (κ3) is 4.56. The second-order valence-corrected chi connectivity index (χ2v) is 6.27. The molecule has 0 N–H and O–H groups in total. The number of thioether (sulfide) groups is 1. The molecular weight excluding hydrogens is 270 g/mol. The number of nitrogens with zero attached hydrogens (tertiary/aromatic N) is 1. The van der Waals surface area contributed by atoms with Gasteiger partial charge in [-0.15, -0.1) is 11.8 Å². The molecule has 0 saturated carbocycles. The molecular formula is C12H18BrNS. The van der Waals surface area contributed by atoms with Gasteiger partial charge in [-0.25, -0.2) is 4.98 Å². The van der Waals surface area contributed by atoms with Crippen LogP contribution in [0.4, 0.5) is 0 Å². The van der Waals surface area contributed by atoms with Gasteiger partial charge in [0.2, 0.25) is 0 Å². The van der Waals surface area contributed by atoms with Crippen molar-refractivity contribution in [1.29, 1.82) is 0 Å². The molecule has 1 aromatic rings. The van der Waals surface area contributed by atoms with Crippen molar-refractivity contribution in [3.8, 4) is 0 Å². The maximum Gasteiger partial charge on any atom is 0.0965 e. The van der Waals surface area contributed by atoms with Gasteiger partial charge in [-0.1, -0.05) is 29.8 Å². The van der Waals surface area contributed by atoms with Crippen LogP contribution in [0.25, 0.3) is 0 Å². The Morgan fingerprint density at radius 3 is 2.53 bits per heavy atom. The number of halogens is 1. The van der Waals surface area contributed by atoms with Crippen molar-refractivity contribution >= 4 is 27.7 Å². The predicted molar refractivity (Wildman–Crippen MR) is 72.0 cm³/mol. The Kier molecular flexibility index (Phi) is 4.65. The van der Waals surface area contributed by atoms with Gasteiger partial charge in [-0.05, 0) is 37.0 Å². The summed E-state index contributed by atoms with van der Waals surface area (Å²) in [5, 5.41) is 2.17. The fraction of sp³-hybridized carbons (Fsp3) is 0.583. The summed E-state index contributed by atoms with van der Waals surface area (Å²) in [7, 11) is 0. The van der Waals surface area contributed by atoms with E-state index in [1.165, 1.54) is 5.56 Å². The molecule has 0 saturated heterocycles. The first-order valence-corrected chi connectivity index (χ1v) is 7.18. The monoisotopic (exact) mass is 287 g/mol. The van der Waals surface area contributed by atoms with Crippen LogP contribution in [0.15, 0.2) is 17.2 Å². The summed E-state index contributed by atoms with van der Waals surface area (Å²) in [4.78, 5) is 4.52. The molecule has 1 aromatic heterocycles. The van der Waals surface area contributed by atoms with Gasteiger partial charge < -0.3 is 0 Å². The average Bonchev–Trinajstić information content (AvgIpc) is 2.14. The second kappa shape index (κ2) is 5.35. The number of aryl methyl sites for hydroxylation is 2. The molecule has 1 nitrogen and oxygen atoms in total. The summed E-state index contributed by atoms with van der Waals surface area (Å²) < 4.78 is 0. The van der Waals surface area contributed by atoms with Crippen LogP contribution in [-0.4, -0.2) is 16.1 Å². The molecule has 0 atom stereocenters. The highest BCUT2D eigenvalue weighted by molar-refractivity contribution is 9.09. The minimum atomic E-state index is 0.323. The Hall–Kier alpha value is -0.0200. The molecule has 0 unspecified atom stereocenters. The molecule has 0 spiro atoms. The minimum Gasteiger partial charge on any atom is -0.247 e. The van der Waals surface area contributed by atoms with E-state index < -0.39 is 0 Å². The molecule has 0 fully saturated rings. The highest BCUT2D eigenvalue weighted by atomic mass is 79.9. The Morgan fingerprint density at radius 2 is 2.00 bits per heavy atom. The van der Waals surface area contributed by atoms with E-state index in [-0.39, 0.29) is 0 Å². The van der Waals surface area contributed by atoms with E-state index in [1.54, 1.807) is 0 Å². The number of rotatable bonds is 4. The summed E-state index contributed by atoms with van der Waals surface area (Å²) in [6, 6.07) is 4.27. The van der Waals surface area contributed by atoms with Crippen LogP contribution >= 0.6 is 27.7 Å². The molecule has 3 heteroatoms. The van der Waals surface area contributed by atoms with Crippen LogP contribution in [-0.2, 0) is 0 Å². The quantitative estimate of drug-likeness (QED) is 0.608. The van der Waals surface area contributed by atoms with Crippen molar-refractivity contribution in [3.05, 3.63) is 23.4 Å². The molecule has 0 aromatic carbocycles. The molecule has 1 heterocycles. The Balaban J connectivity index is 2.65. The zero-order valence-electron chi connectivity index (χ0n) is 9.80. The Labute approximate surface area is 105 Å². The van der Waals surface area contributed by atoms with Gasteiger partial charge in [0.25, 0.3) is 0 Å². The molecule has 0 amide bonds. The van der Waals surface area contributed by atoms with Gasteiger partial charge in [0.1, 0.15) is 0 Å². The third-order valence-corrected chi connectivity index (χ3v) is 5.00. The van der Waals surface area contributed by atoms with Gasteiger partial charge in [-0.3, -0.25) is 0 Å². The van der Waals surface area contributed by atoms with Crippen LogP contribution < -0.4 is 0 Å². The SMILES string of the molecule is Cc1cc(C)nc(SCC(C)(C)CBr)c1. The highest BCUT2D eigenvalue weighted by Crippen LogP contribution is 2.28. The predicted octanol–water partition coefficient (Wildman–Crippen LogP) is 4.21. The zero-order chi connectivity index (χ0) is 11.5. The molecule has 1 rings (SSSR count). The molecule has 0 aliphatic rings. The lowest BCUT2D eigenvalue weighted by atomic mass is 10.0. The highest BCUT2D eigenvalue weighted by Gasteiger charge is 2.16. The van der Waals surface area contributed by atoms with Crippen LogP contribution in [0.3, 0.4) is 0 Å². The van der Waals surface area contributed by atoms with Gasteiger partial charge in [0.05, 0.1) is 5.03 Å². The number of alkyl halides is 1. The maximum atomic E-state index is 4.52. The first-order chi connectivity index (χ1) is 6.93. The van der Waals surface area contributed by atoms with Crippen LogP contribution in [0.2, 0.25) is 0 Å². The lowest BCUT2D eigenvalue weighted by Crippen LogP contribution is -2.16. The van der Waals surface area contributed by atoms with E-state index in [0.717, 1.165) is 21.8 Å². The van der Waals surface area contributed by atoms with Gasteiger partial charge in [0, 0.05) is 16.8 Å². The van der Waals surface area contributed by atoms with E-state index in [1.807, 2.05) is 18.7 Å². The summed E-state index contributed by atoms with van der Waals surface area (Å²) >= 11 is 5.38. The third-order valence-electron chi connectivity index (χ3n) is 2.05. The number of hydrogen-bond acceptors (Lipinski definition) is 2. The maximum absolute atomic E-state index is 4.52. The summed E-state index contributed by atoms with van der Waals surface area (Å²) in [6.07, 6.45) is 0. The van der Waals surface area contributed by atoms with Gasteiger partial charge in [0.15, 0.2) is 0 Å². The normalized spacial score (nSPS) is 11.8. The number of pyridine rings is 1. The molecule has 0 aliphatic carbocycles. The van der Waals surface area contributed by atoms with E-state index >= 15 is 0 Å². The first kappa shape index (κ1) is 13.0. The number of hydrogen-bond donors (Lipinski definition) is 0. The van der Waals surface area contributed by atoms with Crippen LogP contribution in [0.1, 0.15) is 25.1 Å². The van der Waals surface area contributed by atoms with Crippen LogP contribution in [0.5, 0.6) is 0 Å². The lowest BCUT2D eigenvalue weighted by Gasteiger charge is -2.20. The molecule has 0 aliphatic heterocycles. The molecule has 0 radical (unpaired) electrons. The molecule has 84 valence electrons. The van der Waals surface area contributed by atoms with Gasteiger partial charge >= 0.3 is 0 Å². The second-order valence-electron chi connectivity index (χ2n) is 4.71.